The molecule has 2 heterocycles. The Morgan fingerprint density at radius 1 is 1.02 bits per heavy atom. The molecule has 5 rings (SSSR count). The number of carbonyl (C=O) groups is 5. The van der Waals surface area contributed by atoms with Gasteiger partial charge in [0.2, 0.25) is 23.6 Å². The molecule has 3 aromatic rings. The molecule has 1 aromatic heterocycles. The lowest BCUT2D eigenvalue weighted by Gasteiger charge is -2.27. The molecule has 15 nitrogen and oxygen atoms in total. The van der Waals surface area contributed by atoms with Crippen LogP contribution in [0.4, 0.5) is 0 Å². The zero-order valence-electron chi connectivity index (χ0n) is 27.1. The highest BCUT2D eigenvalue weighted by Gasteiger charge is 2.52. The molecule has 1 spiro atoms. The third kappa shape index (κ3) is 9.12. The van der Waals surface area contributed by atoms with Crippen LogP contribution in [0.15, 0.2) is 54.7 Å². The Morgan fingerprint density at radius 2 is 1.78 bits per heavy atom. The first-order valence-electron chi connectivity index (χ1n) is 16.0. The number of halogens is 1. The van der Waals surface area contributed by atoms with E-state index in [2.05, 4.69) is 36.9 Å². The average molecular weight is 695 g/mol. The Labute approximate surface area is 287 Å². The Balaban J connectivity index is 1.39. The molecule has 260 valence electrons. The molecule has 4 atom stereocenters. The standard InChI is InChI=1S/C33H39ClN8O7/c1-19-28(44)39-33(11-12-33)32(48)38-27(20(2)43)31(47)37-25(15-21-7-4-3-5-8-21)30(46)35-17-23-18-42(41-40-23)13-6-14-49-26-16-22(34)9-10-24(26)29(45)36-19/h3-5,7-10,16,18-20,25,27,43H,6,11-15,17H2,1-2H3,(H,35,46)(H,36,45)(H,37,47)(H,38,48)(H,39,44)/t19-,20-,25+,27+/m1/s1. The van der Waals surface area contributed by atoms with E-state index in [4.69, 9.17) is 16.3 Å². The van der Waals surface area contributed by atoms with Gasteiger partial charge < -0.3 is 36.4 Å². The monoisotopic (exact) mass is 694 g/mol. The van der Waals surface area contributed by atoms with E-state index in [0.29, 0.717) is 23.7 Å². The first-order chi connectivity index (χ1) is 23.4. The van der Waals surface area contributed by atoms with Crippen molar-refractivity contribution in [1.82, 2.24) is 41.6 Å². The van der Waals surface area contributed by atoms with Crippen molar-refractivity contribution in [1.29, 1.82) is 0 Å². The number of aliphatic hydroxyl groups is 1. The van der Waals surface area contributed by atoms with Crippen LogP contribution >= 0.6 is 11.6 Å². The van der Waals surface area contributed by atoms with Gasteiger partial charge in [-0.3, -0.25) is 28.7 Å². The smallest absolute Gasteiger partial charge is 0.255 e. The third-order valence-corrected chi connectivity index (χ3v) is 8.50. The lowest BCUT2D eigenvalue weighted by Crippen LogP contribution is -2.61. The van der Waals surface area contributed by atoms with Crippen LogP contribution in [0.1, 0.15) is 54.7 Å². The van der Waals surface area contributed by atoms with Crippen molar-refractivity contribution < 1.29 is 33.8 Å². The van der Waals surface area contributed by atoms with Gasteiger partial charge in [-0.25, -0.2) is 0 Å². The number of rotatable bonds is 3. The van der Waals surface area contributed by atoms with E-state index >= 15 is 0 Å². The quantitative estimate of drug-likeness (QED) is 0.224. The maximum Gasteiger partial charge on any atom is 0.255 e. The molecule has 5 amide bonds. The number of hydrogen-bond acceptors (Lipinski definition) is 9. The van der Waals surface area contributed by atoms with Crippen LogP contribution < -0.4 is 31.3 Å². The van der Waals surface area contributed by atoms with Crippen LogP contribution in [0.2, 0.25) is 5.02 Å². The lowest BCUT2D eigenvalue weighted by atomic mass is 10.0. The van der Waals surface area contributed by atoms with Crippen molar-refractivity contribution in [3.63, 3.8) is 0 Å². The lowest BCUT2D eigenvalue weighted by molar-refractivity contribution is -0.136. The van der Waals surface area contributed by atoms with Gasteiger partial charge in [-0.2, -0.15) is 0 Å². The molecule has 6 N–H and O–H groups in total. The largest absolute Gasteiger partial charge is 0.493 e. The Bertz CT molecular complexity index is 1690. The van der Waals surface area contributed by atoms with E-state index < -0.39 is 59.3 Å². The topological polar surface area (TPSA) is 206 Å². The fourth-order valence-corrected chi connectivity index (χ4v) is 5.43. The number of ether oxygens (including phenoxy) is 1. The van der Waals surface area contributed by atoms with Crippen LogP contribution in [0.3, 0.4) is 0 Å². The molecule has 0 saturated heterocycles. The summed E-state index contributed by atoms with van der Waals surface area (Å²) in [6.07, 6.45) is 1.49. The van der Waals surface area contributed by atoms with E-state index in [9.17, 15) is 29.1 Å². The number of amides is 5. The van der Waals surface area contributed by atoms with Gasteiger partial charge in [0.25, 0.3) is 5.91 Å². The Morgan fingerprint density at radius 3 is 2.49 bits per heavy atom. The summed E-state index contributed by atoms with van der Waals surface area (Å²) in [4.78, 5) is 66.8. The maximum atomic E-state index is 13.5. The number of fused-ring (bicyclic) bond motifs is 3. The van der Waals surface area contributed by atoms with Crippen molar-refractivity contribution in [3.05, 3.63) is 76.6 Å². The van der Waals surface area contributed by atoms with E-state index in [1.807, 2.05) is 18.2 Å². The van der Waals surface area contributed by atoms with Crippen LogP contribution in [0, 0.1) is 0 Å². The summed E-state index contributed by atoms with van der Waals surface area (Å²) in [5.41, 5.74) is 0.0619. The maximum absolute atomic E-state index is 13.5. The van der Waals surface area contributed by atoms with Gasteiger partial charge in [-0.05, 0) is 50.5 Å². The van der Waals surface area contributed by atoms with E-state index in [1.54, 1.807) is 23.0 Å². The van der Waals surface area contributed by atoms with Crippen LogP contribution in [-0.2, 0) is 38.7 Å². The van der Waals surface area contributed by atoms with Gasteiger partial charge in [-0.15, -0.1) is 5.10 Å². The number of aromatic nitrogens is 3. The SMILES string of the molecule is C[C@H]1NC(=O)c2ccc(Cl)cc2OCCCn2cc(nn2)CNC(=O)[C@H](Cc2ccccc2)NC(=O)[C@H]([C@@H](C)O)NC(=O)C2(CC2)NC1=O. The number of aliphatic hydroxyl groups excluding tert-OH is 1. The van der Waals surface area contributed by atoms with Crippen LogP contribution in [0.5, 0.6) is 5.75 Å². The first-order valence-corrected chi connectivity index (χ1v) is 16.4. The molecular formula is C33H39ClN8O7. The summed E-state index contributed by atoms with van der Waals surface area (Å²) in [7, 11) is 0. The summed E-state index contributed by atoms with van der Waals surface area (Å²) in [5.74, 6) is -2.98. The minimum absolute atomic E-state index is 0.0225. The summed E-state index contributed by atoms with van der Waals surface area (Å²) in [5, 5.41) is 32.4. The van der Waals surface area contributed by atoms with Gasteiger partial charge in [-0.1, -0.05) is 47.1 Å². The second-order valence-corrected chi connectivity index (χ2v) is 12.7. The molecule has 2 aromatic carbocycles. The molecule has 49 heavy (non-hydrogen) atoms. The second-order valence-electron chi connectivity index (χ2n) is 12.2. The highest BCUT2D eigenvalue weighted by molar-refractivity contribution is 6.30. The fraction of sp³-hybridized carbons (Fsp3) is 0.424. The highest BCUT2D eigenvalue weighted by atomic mass is 35.5. The number of hydrogen-bond donors (Lipinski definition) is 6. The summed E-state index contributed by atoms with van der Waals surface area (Å²) in [6.45, 7) is 3.45. The van der Waals surface area contributed by atoms with Gasteiger partial charge in [0.1, 0.15) is 35.1 Å². The van der Waals surface area contributed by atoms with Gasteiger partial charge in [0.05, 0.1) is 31.0 Å². The first kappa shape index (κ1) is 35.3. The molecule has 0 radical (unpaired) electrons. The number of nitrogens with one attached hydrogen (secondary N) is 5. The van der Waals surface area contributed by atoms with Gasteiger partial charge in [0.15, 0.2) is 0 Å². The third-order valence-electron chi connectivity index (χ3n) is 8.26. The predicted molar refractivity (Wildman–Crippen MR) is 176 cm³/mol. The molecule has 2 bridgehead atoms. The molecule has 2 aliphatic rings. The molecule has 16 heteroatoms. The van der Waals surface area contributed by atoms with E-state index in [1.165, 1.54) is 32.0 Å². The molecule has 0 unspecified atom stereocenters. The summed E-state index contributed by atoms with van der Waals surface area (Å²) in [6, 6.07) is 10.0. The van der Waals surface area contributed by atoms with Crippen molar-refractivity contribution in [3.8, 4) is 5.75 Å². The molecule has 1 fully saturated rings. The molecule has 1 saturated carbocycles. The fourth-order valence-electron chi connectivity index (χ4n) is 5.26. The summed E-state index contributed by atoms with van der Waals surface area (Å²) >= 11 is 6.17. The normalized spacial score (nSPS) is 22.9. The zero-order valence-corrected chi connectivity index (χ0v) is 27.8. The van der Waals surface area contributed by atoms with E-state index in [0.717, 1.165) is 5.56 Å². The highest BCUT2D eigenvalue weighted by Crippen LogP contribution is 2.36. The average Bonchev–Trinajstić information content (AvgIpc) is 3.71. The van der Waals surface area contributed by atoms with Crippen molar-refractivity contribution >= 4 is 41.1 Å². The van der Waals surface area contributed by atoms with Crippen LogP contribution in [-0.4, -0.2) is 86.0 Å². The van der Waals surface area contributed by atoms with Gasteiger partial charge in [0, 0.05) is 24.4 Å². The molecule has 1 aliphatic heterocycles. The van der Waals surface area contributed by atoms with Gasteiger partial charge >= 0.3 is 0 Å². The minimum atomic E-state index is -1.45. The number of nitrogens with zero attached hydrogens (tertiary/aromatic N) is 3. The Kier molecular flexibility index (Phi) is 11.1. The van der Waals surface area contributed by atoms with Crippen LogP contribution in [0.25, 0.3) is 0 Å². The van der Waals surface area contributed by atoms with Crippen molar-refractivity contribution in [2.75, 3.05) is 6.61 Å². The number of benzene rings is 2. The molecule has 1 aliphatic carbocycles. The molecular weight excluding hydrogens is 656 g/mol. The Hall–Kier alpha value is -5.02. The van der Waals surface area contributed by atoms with E-state index in [-0.39, 0.29) is 43.7 Å². The van der Waals surface area contributed by atoms with Crippen molar-refractivity contribution in [2.24, 2.45) is 0 Å². The summed E-state index contributed by atoms with van der Waals surface area (Å²) < 4.78 is 7.47. The zero-order chi connectivity index (χ0) is 35.1. The number of aryl methyl sites for hydroxylation is 1. The predicted octanol–water partition coefficient (Wildman–Crippen LogP) is 0.391. The minimum Gasteiger partial charge on any atom is -0.493 e. The second kappa shape index (κ2) is 15.5. The number of carbonyl (C=O) groups excluding carboxylic acids is 5. The van der Waals surface area contributed by atoms with Crippen molar-refractivity contribution in [2.45, 2.75) is 82.4 Å².